The van der Waals surface area contributed by atoms with Gasteiger partial charge in [0.25, 0.3) is 0 Å². The molecule has 0 saturated carbocycles. The number of carbonyl (C=O) groups is 2. The number of likely N-dealkylation sites (tertiary alicyclic amines) is 2. The summed E-state index contributed by atoms with van der Waals surface area (Å²) in [5.74, 6) is 0.217. The quantitative estimate of drug-likeness (QED) is 0.802. The van der Waals surface area contributed by atoms with Gasteiger partial charge in [-0.1, -0.05) is 6.07 Å². The summed E-state index contributed by atoms with van der Waals surface area (Å²) in [5, 5.41) is 0. The molecule has 1 aromatic heterocycles. The summed E-state index contributed by atoms with van der Waals surface area (Å²) in [4.78, 5) is 35.0. The van der Waals surface area contributed by atoms with Crippen LogP contribution in [-0.4, -0.2) is 65.5 Å². The van der Waals surface area contributed by atoms with Gasteiger partial charge in [0.1, 0.15) is 6.04 Å². The lowest BCUT2D eigenvalue weighted by atomic mass is 9.67. The third-order valence-corrected chi connectivity index (χ3v) is 6.75. The second-order valence-electron chi connectivity index (χ2n) is 8.49. The lowest BCUT2D eigenvalue weighted by Crippen LogP contribution is -2.63. The Bertz CT molecular complexity index is 676. The molecular weight excluding hydrogens is 354 g/mol. The highest BCUT2D eigenvalue weighted by Crippen LogP contribution is 2.45. The fourth-order valence-electron chi connectivity index (χ4n) is 5.23. The molecule has 4 heterocycles. The van der Waals surface area contributed by atoms with Crippen LogP contribution in [0.5, 0.6) is 0 Å². The average molecular weight is 386 g/mol. The Kier molecular flexibility index (Phi) is 5.95. The normalized spacial score (nSPS) is 24.9. The van der Waals surface area contributed by atoms with Crippen LogP contribution in [0.3, 0.4) is 0 Å². The van der Waals surface area contributed by atoms with E-state index in [4.69, 9.17) is 4.74 Å². The number of rotatable bonds is 3. The van der Waals surface area contributed by atoms with E-state index >= 15 is 0 Å². The van der Waals surface area contributed by atoms with Gasteiger partial charge in [0.05, 0.1) is 6.42 Å². The number of aromatic nitrogens is 1. The molecule has 3 aliphatic heterocycles. The fourth-order valence-corrected chi connectivity index (χ4v) is 5.23. The standard InChI is InChI=1S/C22H31N3O3/c26-19(16-18-6-4-10-23-17-18)25-13-5-7-22(8-14-28-15-9-22)20(25)21(27)24-11-2-1-3-12-24/h4,6,10,17,20H,1-3,5,7-9,11-16H2. The van der Waals surface area contributed by atoms with Crippen molar-refractivity contribution in [2.24, 2.45) is 5.41 Å². The number of hydrogen-bond acceptors (Lipinski definition) is 4. The van der Waals surface area contributed by atoms with Gasteiger partial charge in [-0.25, -0.2) is 0 Å². The van der Waals surface area contributed by atoms with E-state index in [0.717, 1.165) is 57.2 Å². The maximum Gasteiger partial charge on any atom is 0.245 e. The molecular formula is C22H31N3O3. The first kappa shape index (κ1) is 19.4. The van der Waals surface area contributed by atoms with E-state index in [2.05, 4.69) is 4.98 Å². The number of carbonyl (C=O) groups excluding carboxylic acids is 2. The average Bonchev–Trinajstić information content (AvgIpc) is 2.75. The molecule has 0 bridgehead atoms. The minimum absolute atomic E-state index is 0.0499. The zero-order valence-electron chi connectivity index (χ0n) is 16.6. The van der Waals surface area contributed by atoms with E-state index in [1.165, 1.54) is 6.42 Å². The van der Waals surface area contributed by atoms with E-state index in [9.17, 15) is 9.59 Å². The summed E-state index contributed by atoms with van der Waals surface area (Å²) >= 11 is 0. The van der Waals surface area contributed by atoms with Gasteiger partial charge in [-0.3, -0.25) is 14.6 Å². The summed E-state index contributed by atoms with van der Waals surface area (Å²) in [6.45, 7) is 3.70. The molecule has 152 valence electrons. The van der Waals surface area contributed by atoms with Crippen molar-refractivity contribution >= 4 is 11.8 Å². The molecule has 1 spiro atoms. The molecule has 3 fully saturated rings. The molecule has 1 atom stereocenters. The number of amides is 2. The minimum Gasteiger partial charge on any atom is -0.381 e. The lowest BCUT2D eigenvalue weighted by Gasteiger charge is -2.52. The summed E-state index contributed by atoms with van der Waals surface area (Å²) < 4.78 is 5.63. The first-order valence-electron chi connectivity index (χ1n) is 10.7. The second kappa shape index (κ2) is 8.60. The molecule has 0 aliphatic carbocycles. The highest BCUT2D eigenvalue weighted by atomic mass is 16.5. The Balaban J connectivity index is 1.60. The molecule has 2 amide bonds. The third kappa shape index (κ3) is 3.93. The number of pyridine rings is 1. The number of nitrogens with zero attached hydrogens (tertiary/aromatic N) is 3. The van der Waals surface area contributed by atoms with Gasteiger partial charge in [0, 0.05) is 50.7 Å². The topological polar surface area (TPSA) is 62.7 Å². The van der Waals surface area contributed by atoms with Gasteiger partial charge in [-0.15, -0.1) is 0 Å². The van der Waals surface area contributed by atoms with Crippen LogP contribution < -0.4 is 0 Å². The predicted octanol–water partition coefficient (Wildman–Crippen LogP) is 2.42. The SMILES string of the molecule is O=C(C1N(C(=O)Cc2cccnc2)CCCC12CCOCC2)N1CCCCC1. The molecule has 6 nitrogen and oxygen atoms in total. The smallest absolute Gasteiger partial charge is 0.245 e. The van der Waals surface area contributed by atoms with Gasteiger partial charge in [-0.05, 0) is 56.6 Å². The van der Waals surface area contributed by atoms with Crippen molar-refractivity contribution in [1.29, 1.82) is 0 Å². The van der Waals surface area contributed by atoms with Gasteiger partial charge in [-0.2, -0.15) is 0 Å². The minimum atomic E-state index is -0.340. The zero-order chi connectivity index (χ0) is 19.4. The van der Waals surface area contributed by atoms with Crippen molar-refractivity contribution in [2.75, 3.05) is 32.8 Å². The zero-order valence-corrected chi connectivity index (χ0v) is 16.6. The molecule has 0 radical (unpaired) electrons. The van der Waals surface area contributed by atoms with Gasteiger partial charge < -0.3 is 14.5 Å². The van der Waals surface area contributed by atoms with E-state index in [0.29, 0.717) is 26.2 Å². The fraction of sp³-hybridized carbons (Fsp3) is 0.682. The predicted molar refractivity (Wildman–Crippen MR) is 106 cm³/mol. The molecule has 6 heteroatoms. The molecule has 0 aromatic carbocycles. The Morgan fingerprint density at radius 2 is 1.86 bits per heavy atom. The third-order valence-electron chi connectivity index (χ3n) is 6.75. The van der Waals surface area contributed by atoms with Crippen LogP contribution in [-0.2, 0) is 20.7 Å². The highest BCUT2D eigenvalue weighted by molar-refractivity contribution is 5.89. The molecule has 3 aliphatic rings. The van der Waals surface area contributed by atoms with Crippen molar-refractivity contribution in [2.45, 2.75) is 57.4 Å². The molecule has 1 unspecified atom stereocenters. The van der Waals surface area contributed by atoms with Crippen molar-refractivity contribution < 1.29 is 14.3 Å². The first-order valence-corrected chi connectivity index (χ1v) is 10.7. The van der Waals surface area contributed by atoms with E-state index < -0.39 is 0 Å². The van der Waals surface area contributed by atoms with Crippen LogP contribution >= 0.6 is 0 Å². The molecule has 1 aromatic rings. The molecule has 3 saturated heterocycles. The van der Waals surface area contributed by atoms with Gasteiger partial charge in [0.2, 0.25) is 11.8 Å². The van der Waals surface area contributed by atoms with Gasteiger partial charge >= 0.3 is 0 Å². The second-order valence-corrected chi connectivity index (χ2v) is 8.49. The lowest BCUT2D eigenvalue weighted by molar-refractivity contribution is -0.161. The molecule has 28 heavy (non-hydrogen) atoms. The number of piperidine rings is 2. The van der Waals surface area contributed by atoms with E-state index in [1.807, 2.05) is 21.9 Å². The van der Waals surface area contributed by atoms with Crippen molar-refractivity contribution in [1.82, 2.24) is 14.8 Å². The molecule has 0 N–H and O–H groups in total. The van der Waals surface area contributed by atoms with Gasteiger partial charge in [0.15, 0.2) is 0 Å². The number of ether oxygens (including phenoxy) is 1. The maximum atomic E-state index is 13.7. The van der Waals surface area contributed by atoms with Crippen LogP contribution in [0, 0.1) is 5.41 Å². The monoisotopic (exact) mass is 385 g/mol. The number of hydrogen-bond donors (Lipinski definition) is 0. The van der Waals surface area contributed by atoms with Crippen LogP contribution in [0.25, 0.3) is 0 Å². The Hall–Kier alpha value is -1.95. The van der Waals surface area contributed by atoms with Crippen LogP contribution in [0.15, 0.2) is 24.5 Å². The Morgan fingerprint density at radius 1 is 1.07 bits per heavy atom. The van der Waals surface area contributed by atoms with Crippen molar-refractivity contribution in [3.63, 3.8) is 0 Å². The van der Waals surface area contributed by atoms with Crippen molar-refractivity contribution in [3.05, 3.63) is 30.1 Å². The largest absolute Gasteiger partial charge is 0.381 e. The van der Waals surface area contributed by atoms with E-state index in [-0.39, 0.29) is 23.3 Å². The Labute approximate surface area is 167 Å². The Morgan fingerprint density at radius 3 is 2.57 bits per heavy atom. The summed E-state index contributed by atoms with van der Waals surface area (Å²) in [6, 6.07) is 3.45. The van der Waals surface area contributed by atoms with Crippen LogP contribution in [0.4, 0.5) is 0 Å². The van der Waals surface area contributed by atoms with Crippen molar-refractivity contribution in [3.8, 4) is 0 Å². The molecule has 4 rings (SSSR count). The summed E-state index contributed by atoms with van der Waals surface area (Å²) in [6.07, 6.45) is 10.8. The van der Waals surface area contributed by atoms with Crippen LogP contribution in [0.1, 0.15) is 50.5 Å². The van der Waals surface area contributed by atoms with E-state index in [1.54, 1.807) is 12.4 Å². The highest BCUT2D eigenvalue weighted by Gasteiger charge is 2.51. The summed E-state index contributed by atoms with van der Waals surface area (Å²) in [5.41, 5.74) is 0.776. The summed E-state index contributed by atoms with van der Waals surface area (Å²) in [7, 11) is 0. The maximum absolute atomic E-state index is 13.7. The first-order chi connectivity index (χ1) is 13.7. The van der Waals surface area contributed by atoms with Crippen LogP contribution in [0.2, 0.25) is 0 Å².